The topological polar surface area (TPSA) is 65.8 Å². The van der Waals surface area contributed by atoms with Gasteiger partial charge in [-0.2, -0.15) is 0 Å². The number of carbonyl (C=O) groups excluding carboxylic acids is 2. The molecule has 0 fully saturated rings. The number of carbonyl (C=O) groups is 2. The molecule has 29 heavy (non-hydrogen) atoms. The van der Waals surface area contributed by atoms with E-state index >= 15 is 0 Å². The van der Waals surface area contributed by atoms with Crippen LogP contribution in [-0.2, 0) is 11.3 Å². The van der Waals surface area contributed by atoms with Crippen molar-refractivity contribution in [1.82, 2.24) is 15.1 Å². The van der Waals surface area contributed by atoms with Crippen molar-refractivity contribution in [3.63, 3.8) is 0 Å². The van der Waals surface area contributed by atoms with Gasteiger partial charge in [-0.1, -0.05) is 19.9 Å². The van der Waals surface area contributed by atoms with Gasteiger partial charge in [0.15, 0.2) is 0 Å². The molecule has 0 aliphatic rings. The molecule has 6 nitrogen and oxygen atoms in total. The van der Waals surface area contributed by atoms with E-state index in [0.29, 0.717) is 23.7 Å². The molecule has 1 N–H and O–H groups in total. The van der Waals surface area contributed by atoms with Crippen LogP contribution in [0.1, 0.15) is 55.5 Å². The van der Waals surface area contributed by atoms with Crippen LogP contribution in [0, 0.1) is 0 Å². The van der Waals surface area contributed by atoms with Gasteiger partial charge in [0.2, 0.25) is 5.91 Å². The van der Waals surface area contributed by atoms with E-state index in [1.165, 1.54) is 11.3 Å². The Hall–Kier alpha value is -2.12. The highest BCUT2D eigenvalue weighted by molar-refractivity contribution is 7.12. The number of hydrogen-bond donors (Lipinski definition) is 1. The van der Waals surface area contributed by atoms with Crippen molar-refractivity contribution in [3.05, 3.63) is 46.5 Å². The van der Waals surface area contributed by atoms with Crippen molar-refractivity contribution >= 4 is 23.2 Å². The minimum absolute atomic E-state index is 0.0243. The maximum Gasteiger partial charge on any atom is 0.264 e. The Morgan fingerprint density at radius 1 is 1.17 bits per heavy atom. The zero-order valence-corrected chi connectivity index (χ0v) is 18.5. The predicted molar refractivity (Wildman–Crippen MR) is 117 cm³/mol. The normalized spacial score (nSPS) is 12.1. The molecule has 1 unspecified atom stereocenters. The van der Waals surface area contributed by atoms with Gasteiger partial charge in [-0.25, -0.2) is 0 Å². The summed E-state index contributed by atoms with van der Waals surface area (Å²) in [4.78, 5) is 29.9. The lowest BCUT2D eigenvalue weighted by Crippen LogP contribution is -2.37. The Morgan fingerprint density at radius 3 is 2.59 bits per heavy atom. The molecule has 1 atom stereocenters. The third kappa shape index (κ3) is 8.03. The first kappa shape index (κ1) is 23.2. The van der Waals surface area contributed by atoms with Gasteiger partial charge in [0, 0.05) is 19.0 Å². The minimum Gasteiger partial charge on any atom is -0.467 e. The molecule has 0 saturated heterocycles. The lowest BCUT2D eigenvalue weighted by atomic mass is 10.1. The van der Waals surface area contributed by atoms with E-state index in [9.17, 15) is 9.59 Å². The molecule has 0 saturated carbocycles. The van der Waals surface area contributed by atoms with Crippen molar-refractivity contribution < 1.29 is 14.0 Å². The van der Waals surface area contributed by atoms with Crippen molar-refractivity contribution in [3.8, 4) is 0 Å². The van der Waals surface area contributed by atoms with E-state index in [0.717, 1.165) is 32.5 Å². The van der Waals surface area contributed by atoms with Gasteiger partial charge in [-0.15, -0.1) is 11.3 Å². The summed E-state index contributed by atoms with van der Waals surface area (Å²) in [5.41, 5.74) is 0. The highest BCUT2D eigenvalue weighted by Gasteiger charge is 2.19. The first-order chi connectivity index (χ1) is 14.0. The Labute approximate surface area is 177 Å². The summed E-state index contributed by atoms with van der Waals surface area (Å²) in [6, 6.07) is 7.43. The number of hydrogen-bond acceptors (Lipinski definition) is 5. The van der Waals surface area contributed by atoms with Crippen molar-refractivity contribution in [2.45, 2.75) is 52.6 Å². The molecule has 2 heterocycles. The van der Waals surface area contributed by atoms with Gasteiger partial charge in [0.05, 0.1) is 17.7 Å². The molecular weight excluding hydrogens is 386 g/mol. The molecular formula is C22H33N3O3S. The quantitative estimate of drug-likeness (QED) is 0.533. The van der Waals surface area contributed by atoms with Crippen LogP contribution < -0.4 is 5.32 Å². The Bertz CT molecular complexity index is 712. The third-order valence-electron chi connectivity index (χ3n) is 4.97. The zero-order chi connectivity index (χ0) is 21.1. The van der Waals surface area contributed by atoms with Crippen molar-refractivity contribution in [2.75, 3.05) is 26.2 Å². The standard InChI is InChI=1S/C22H33N3O3S/c1-4-24(5-2)13-6-9-18(3)23-21(26)12-14-25(17-19-10-7-15-28-19)22(27)20-11-8-16-29-20/h7-8,10-11,15-16,18H,4-6,9,12-14,17H2,1-3H3,(H,23,26). The molecule has 0 aliphatic carbocycles. The van der Waals surface area contributed by atoms with Crippen molar-refractivity contribution in [2.24, 2.45) is 0 Å². The van der Waals surface area contributed by atoms with Crippen LogP contribution in [0.2, 0.25) is 0 Å². The average Bonchev–Trinajstić information content (AvgIpc) is 3.42. The highest BCUT2D eigenvalue weighted by atomic mass is 32.1. The number of thiophene rings is 1. The first-order valence-electron chi connectivity index (χ1n) is 10.4. The van der Waals surface area contributed by atoms with E-state index in [1.54, 1.807) is 23.3 Å². The monoisotopic (exact) mass is 419 g/mol. The van der Waals surface area contributed by atoms with Crippen LogP contribution >= 0.6 is 11.3 Å². The van der Waals surface area contributed by atoms with Crippen LogP contribution in [0.3, 0.4) is 0 Å². The number of amides is 2. The molecule has 0 aromatic carbocycles. The Balaban J connectivity index is 1.81. The van der Waals surface area contributed by atoms with Gasteiger partial charge >= 0.3 is 0 Å². The molecule has 0 bridgehead atoms. The van der Waals surface area contributed by atoms with Gasteiger partial charge in [-0.3, -0.25) is 9.59 Å². The van der Waals surface area contributed by atoms with E-state index in [4.69, 9.17) is 4.42 Å². The molecule has 160 valence electrons. The molecule has 7 heteroatoms. The van der Waals surface area contributed by atoms with Gasteiger partial charge in [0.25, 0.3) is 5.91 Å². The number of nitrogens with one attached hydrogen (secondary N) is 1. The first-order valence-corrected chi connectivity index (χ1v) is 11.3. The summed E-state index contributed by atoms with van der Waals surface area (Å²) in [7, 11) is 0. The van der Waals surface area contributed by atoms with Gasteiger partial charge < -0.3 is 19.5 Å². The number of furan rings is 1. The zero-order valence-electron chi connectivity index (χ0n) is 17.7. The summed E-state index contributed by atoms with van der Waals surface area (Å²) >= 11 is 1.41. The summed E-state index contributed by atoms with van der Waals surface area (Å²) in [5.74, 6) is 0.611. The van der Waals surface area contributed by atoms with Gasteiger partial charge in [-0.05, 0) is 63.0 Å². The smallest absolute Gasteiger partial charge is 0.264 e. The molecule has 2 aromatic rings. The van der Waals surface area contributed by atoms with E-state index in [1.807, 2.05) is 24.4 Å². The fraction of sp³-hybridized carbons (Fsp3) is 0.545. The van der Waals surface area contributed by atoms with E-state index in [2.05, 4.69) is 24.1 Å². The van der Waals surface area contributed by atoms with Crippen LogP contribution in [0.25, 0.3) is 0 Å². The Kier molecular flexibility index (Phi) is 9.94. The second kappa shape index (κ2) is 12.4. The maximum absolute atomic E-state index is 12.8. The highest BCUT2D eigenvalue weighted by Crippen LogP contribution is 2.15. The predicted octanol–water partition coefficient (Wildman–Crippen LogP) is 4.00. The summed E-state index contributed by atoms with van der Waals surface area (Å²) in [6.07, 6.45) is 3.88. The molecule has 2 aromatic heterocycles. The van der Waals surface area contributed by atoms with Crippen LogP contribution in [0.5, 0.6) is 0 Å². The van der Waals surface area contributed by atoms with Crippen LogP contribution in [0.4, 0.5) is 0 Å². The largest absolute Gasteiger partial charge is 0.467 e. The number of rotatable bonds is 13. The van der Waals surface area contributed by atoms with Crippen LogP contribution in [0.15, 0.2) is 40.3 Å². The fourth-order valence-corrected chi connectivity index (χ4v) is 3.91. The lowest BCUT2D eigenvalue weighted by molar-refractivity contribution is -0.122. The SMILES string of the molecule is CCN(CC)CCCC(C)NC(=O)CCN(Cc1ccco1)C(=O)c1cccs1. The molecule has 2 rings (SSSR count). The fourth-order valence-electron chi connectivity index (χ4n) is 3.22. The molecule has 0 radical (unpaired) electrons. The van der Waals surface area contributed by atoms with E-state index < -0.39 is 0 Å². The number of nitrogens with zero attached hydrogens (tertiary/aromatic N) is 2. The van der Waals surface area contributed by atoms with Crippen molar-refractivity contribution in [1.29, 1.82) is 0 Å². The second-order valence-electron chi connectivity index (χ2n) is 7.17. The Morgan fingerprint density at radius 2 is 1.97 bits per heavy atom. The minimum atomic E-state index is -0.0727. The summed E-state index contributed by atoms with van der Waals surface area (Å²) in [6.45, 7) is 10.3. The van der Waals surface area contributed by atoms with Crippen LogP contribution in [-0.4, -0.2) is 53.8 Å². The maximum atomic E-state index is 12.8. The lowest BCUT2D eigenvalue weighted by Gasteiger charge is -2.22. The molecule has 0 aliphatic heterocycles. The van der Waals surface area contributed by atoms with Gasteiger partial charge in [0.1, 0.15) is 5.76 Å². The third-order valence-corrected chi connectivity index (χ3v) is 5.83. The van der Waals surface area contributed by atoms with E-state index in [-0.39, 0.29) is 24.3 Å². The summed E-state index contributed by atoms with van der Waals surface area (Å²) < 4.78 is 5.39. The molecule has 0 spiro atoms. The molecule has 2 amide bonds. The average molecular weight is 420 g/mol. The second-order valence-corrected chi connectivity index (χ2v) is 8.12. The summed E-state index contributed by atoms with van der Waals surface area (Å²) in [5, 5.41) is 4.94.